The summed E-state index contributed by atoms with van der Waals surface area (Å²) in [6.45, 7) is 2.54. The van der Waals surface area contributed by atoms with Crippen molar-refractivity contribution in [3.8, 4) is 0 Å². The van der Waals surface area contributed by atoms with Crippen molar-refractivity contribution >= 4 is 43.5 Å². The smallest absolute Gasteiger partial charge is 0.264 e. The summed E-state index contributed by atoms with van der Waals surface area (Å²) in [6, 6.07) is 17.8. The maximum Gasteiger partial charge on any atom is 0.264 e. The molecule has 7 nitrogen and oxygen atoms in total. The monoisotopic (exact) mass is 575 g/mol. The van der Waals surface area contributed by atoms with Crippen molar-refractivity contribution in [2.75, 3.05) is 17.9 Å². The number of hydrogen-bond acceptors (Lipinski definition) is 4. The number of benzene rings is 3. The fourth-order valence-electron chi connectivity index (χ4n) is 3.60. The van der Waals surface area contributed by atoms with Gasteiger partial charge in [0.25, 0.3) is 10.0 Å². The Bertz CT molecular complexity index is 1350. The number of carbonyl (C=O) groups excluding carboxylic acids is 2. The summed E-state index contributed by atoms with van der Waals surface area (Å²) < 4.78 is 43.4. The fourth-order valence-corrected chi connectivity index (χ4v) is 5.39. The summed E-state index contributed by atoms with van der Waals surface area (Å²) in [5.74, 6) is -1.66. The third-order valence-electron chi connectivity index (χ3n) is 5.70. The largest absolute Gasteiger partial charge is 0.357 e. The Morgan fingerprint density at radius 3 is 2.31 bits per heavy atom. The molecule has 10 heteroatoms. The van der Waals surface area contributed by atoms with Gasteiger partial charge in [0.2, 0.25) is 11.8 Å². The van der Waals surface area contributed by atoms with Gasteiger partial charge >= 0.3 is 0 Å². The van der Waals surface area contributed by atoms with Crippen LogP contribution in [0, 0.1) is 12.7 Å². The molecule has 0 unspecified atom stereocenters. The van der Waals surface area contributed by atoms with Crippen LogP contribution < -0.4 is 9.62 Å². The van der Waals surface area contributed by atoms with Gasteiger partial charge in [-0.1, -0.05) is 57.9 Å². The van der Waals surface area contributed by atoms with Gasteiger partial charge in [-0.3, -0.25) is 13.9 Å². The number of nitrogens with zero attached hydrogens (tertiary/aromatic N) is 2. The molecule has 0 bridgehead atoms. The highest BCUT2D eigenvalue weighted by atomic mass is 79.9. The molecule has 0 fully saturated rings. The van der Waals surface area contributed by atoms with Gasteiger partial charge in [-0.2, -0.15) is 0 Å². The zero-order chi connectivity index (χ0) is 26.5. The summed E-state index contributed by atoms with van der Waals surface area (Å²) in [5, 5.41) is 2.49. The standard InChI is InChI=1S/C26H27BrFN3O4S/c1-18-11-13-23(14-12-18)36(34,35)31(22-9-6-8-21(27)15-22)17-25(32)30(19(2)26(33)29-3)16-20-7-4-5-10-24(20)28/h4-15,19H,16-17H2,1-3H3,(H,29,33)/t19-/m1/s1. The van der Waals surface area contributed by atoms with Crippen molar-refractivity contribution in [2.45, 2.75) is 31.3 Å². The van der Waals surface area contributed by atoms with Crippen LogP contribution >= 0.6 is 15.9 Å². The number of halogens is 2. The molecule has 0 saturated heterocycles. The minimum atomic E-state index is -4.16. The van der Waals surface area contributed by atoms with E-state index < -0.39 is 40.2 Å². The van der Waals surface area contributed by atoms with E-state index in [2.05, 4.69) is 21.2 Å². The molecule has 0 aromatic heterocycles. The van der Waals surface area contributed by atoms with Gasteiger partial charge in [0.05, 0.1) is 10.6 Å². The Balaban J connectivity index is 2.05. The van der Waals surface area contributed by atoms with Crippen molar-refractivity contribution in [1.29, 1.82) is 0 Å². The van der Waals surface area contributed by atoms with Crippen LogP contribution in [0.15, 0.2) is 82.2 Å². The van der Waals surface area contributed by atoms with Crippen molar-refractivity contribution in [3.63, 3.8) is 0 Å². The normalized spacial score (nSPS) is 12.0. The number of amides is 2. The molecule has 1 atom stereocenters. The van der Waals surface area contributed by atoms with Crippen LogP contribution in [0.4, 0.5) is 10.1 Å². The first-order valence-corrected chi connectivity index (χ1v) is 13.4. The second kappa shape index (κ2) is 11.7. The number of sulfonamides is 1. The van der Waals surface area contributed by atoms with Crippen molar-refractivity contribution in [1.82, 2.24) is 10.2 Å². The molecule has 0 aliphatic rings. The average Bonchev–Trinajstić information content (AvgIpc) is 2.85. The van der Waals surface area contributed by atoms with Crippen LogP contribution in [-0.2, 0) is 26.2 Å². The topological polar surface area (TPSA) is 86.8 Å². The van der Waals surface area contributed by atoms with Crippen molar-refractivity contribution in [3.05, 3.63) is 94.2 Å². The van der Waals surface area contributed by atoms with Crippen LogP contribution in [0.25, 0.3) is 0 Å². The molecule has 3 aromatic carbocycles. The van der Waals surface area contributed by atoms with E-state index >= 15 is 0 Å². The number of aryl methyl sites for hydroxylation is 1. The molecule has 3 rings (SSSR count). The van der Waals surface area contributed by atoms with Gasteiger partial charge in [0.15, 0.2) is 0 Å². The lowest BCUT2D eigenvalue weighted by Gasteiger charge is -2.32. The number of rotatable bonds is 9. The van der Waals surface area contributed by atoms with E-state index in [1.54, 1.807) is 42.5 Å². The zero-order valence-corrected chi connectivity index (χ0v) is 22.5. The van der Waals surface area contributed by atoms with E-state index in [0.29, 0.717) is 4.47 Å². The molecular weight excluding hydrogens is 549 g/mol. The van der Waals surface area contributed by atoms with Crippen LogP contribution in [0.2, 0.25) is 0 Å². The lowest BCUT2D eigenvalue weighted by atomic mass is 10.1. The minimum absolute atomic E-state index is 0.0147. The molecule has 2 amide bonds. The minimum Gasteiger partial charge on any atom is -0.357 e. The van der Waals surface area contributed by atoms with Crippen molar-refractivity contribution < 1.29 is 22.4 Å². The van der Waals surface area contributed by atoms with Gasteiger partial charge in [0, 0.05) is 23.6 Å². The Morgan fingerprint density at radius 2 is 1.69 bits per heavy atom. The van der Waals surface area contributed by atoms with Gasteiger partial charge < -0.3 is 10.2 Å². The molecule has 190 valence electrons. The Hall–Kier alpha value is -3.24. The van der Waals surface area contributed by atoms with Crippen molar-refractivity contribution in [2.24, 2.45) is 0 Å². The maximum atomic E-state index is 14.4. The van der Waals surface area contributed by atoms with Gasteiger partial charge in [0.1, 0.15) is 18.4 Å². The fraction of sp³-hybridized carbons (Fsp3) is 0.231. The van der Waals surface area contributed by atoms with E-state index in [1.165, 1.54) is 49.2 Å². The predicted octanol–water partition coefficient (Wildman–Crippen LogP) is 4.26. The summed E-state index contributed by atoms with van der Waals surface area (Å²) in [6.07, 6.45) is 0. The van der Waals surface area contributed by atoms with Crippen LogP contribution in [0.1, 0.15) is 18.1 Å². The van der Waals surface area contributed by atoms with Crippen LogP contribution in [0.5, 0.6) is 0 Å². The summed E-state index contributed by atoms with van der Waals surface area (Å²) in [5.41, 5.74) is 1.35. The third kappa shape index (κ3) is 6.30. The van der Waals surface area contributed by atoms with E-state index in [0.717, 1.165) is 9.87 Å². The molecule has 0 spiro atoms. The first kappa shape index (κ1) is 27.3. The maximum absolute atomic E-state index is 14.4. The highest BCUT2D eigenvalue weighted by molar-refractivity contribution is 9.10. The van der Waals surface area contributed by atoms with E-state index in [4.69, 9.17) is 0 Å². The second-order valence-corrected chi connectivity index (χ2v) is 11.0. The second-order valence-electron chi connectivity index (χ2n) is 8.21. The number of nitrogens with one attached hydrogen (secondary N) is 1. The number of anilines is 1. The summed E-state index contributed by atoms with van der Waals surface area (Å²) in [4.78, 5) is 27.3. The quantitative estimate of drug-likeness (QED) is 0.413. The highest BCUT2D eigenvalue weighted by Gasteiger charge is 2.32. The highest BCUT2D eigenvalue weighted by Crippen LogP contribution is 2.27. The Morgan fingerprint density at radius 1 is 1.03 bits per heavy atom. The van der Waals surface area contributed by atoms with E-state index in [9.17, 15) is 22.4 Å². The SMILES string of the molecule is CNC(=O)[C@@H](C)N(Cc1ccccc1F)C(=O)CN(c1cccc(Br)c1)S(=O)(=O)c1ccc(C)cc1. The Labute approximate surface area is 219 Å². The van der Waals surface area contributed by atoms with Crippen LogP contribution in [-0.4, -0.2) is 44.8 Å². The van der Waals surface area contributed by atoms with Crippen LogP contribution in [0.3, 0.4) is 0 Å². The molecule has 1 N–H and O–H groups in total. The van der Waals surface area contributed by atoms with Gasteiger partial charge in [-0.25, -0.2) is 12.8 Å². The first-order valence-electron chi connectivity index (χ1n) is 11.1. The molecule has 0 heterocycles. The number of hydrogen-bond donors (Lipinski definition) is 1. The first-order chi connectivity index (χ1) is 17.0. The molecule has 0 saturated carbocycles. The van der Waals surface area contributed by atoms with E-state index in [1.807, 2.05) is 6.92 Å². The number of likely N-dealkylation sites (N-methyl/N-ethyl adjacent to an activating group) is 1. The van der Waals surface area contributed by atoms with Gasteiger partial charge in [-0.15, -0.1) is 0 Å². The molecule has 0 aliphatic carbocycles. The lowest BCUT2D eigenvalue weighted by Crippen LogP contribution is -2.50. The molecular formula is C26H27BrFN3O4S. The zero-order valence-electron chi connectivity index (χ0n) is 20.1. The van der Waals surface area contributed by atoms with E-state index in [-0.39, 0.29) is 22.7 Å². The molecule has 36 heavy (non-hydrogen) atoms. The molecule has 0 radical (unpaired) electrons. The third-order valence-corrected chi connectivity index (χ3v) is 7.98. The molecule has 0 aliphatic heterocycles. The number of carbonyl (C=O) groups is 2. The average molecular weight is 576 g/mol. The lowest BCUT2D eigenvalue weighted by molar-refractivity contribution is -0.139. The summed E-state index contributed by atoms with van der Waals surface area (Å²) >= 11 is 3.35. The molecule has 3 aromatic rings. The Kier molecular flexibility index (Phi) is 8.86. The summed E-state index contributed by atoms with van der Waals surface area (Å²) in [7, 11) is -2.73. The predicted molar refractivity (Wildman–Crippen MR) is 140 cm³/mol. The van der Waals surface area contributed by atoms with Gasteiger partial charge in [-0.05, 0) is 50.2 Å².